The molecule has 0 radical (unpaired) electrons. The molecule has 1 fully saturated rings. The molecule has 0 aliphatic carbocycles. The Morgan fingerprint density at radius 2 is 2.03 bits per heavy atom. The lowest BCUT2D eigenvalue weighted by atomic mass is 9.96. The molecule has 1 saturated heterocycles. The molecule has 7 heteroatoms. The van der Waals surface area contributed by atoms with E-state index >= 15 is 0 Å². The fourth-order valence-corrected chi connectivity index (χ4v) is 4.55. The Balaban J connectivity index is 1.37. The van der Waals surface area contributed by atoms with Gasteiger partial charge in [-0.25, -0.2) is 0 Å². The average molecular weight is 393 g/mol. The average Bonchev–Trinajstić information content (AvgIpc) is 3.29. The lowest BCUT2D eigenvalue weighted by Crippen LogP contribution is -2.39. The molecular formula is C22H27N5O2. The van der Waals surface area contributed by atoms with Gasteiger partial charge in [-0.2, -0.15) is 0 Å². The molecule has 4 heterocycles. The minimum atomic E-state index is -0.0288. The van der Waals surface area contributed by atoms with Crippen molar-refractivity contribution in [3.63, 3.8) is 0 Å². The first kappa shape index (κ1) is 18.4. The van der Waals surface area contributed by atoms with Crippen LogP contribution < -0.4 is 0 Å². The van der Waals surface area contributed by atoms with E-state index in [1.54, 1.807) is 0 Å². The standard InChI is InChI=1S/C22H27N5O2/c1-15-5-6-18-17(12-15)13-19(29-18)22(28)26-8-3-4-16(14-26)21-24-23-20-7-9-25(2)10-11-27(20)21/h5-6,12-13,16H,3-4,7-11,14H2,1-2H3/t16-/m1/s1. The normalized spacial score (nSPS) is 20.6. The van der Waals surface area contributed by atoms with Gasteiger partial charge in [0.05, 0.1) is 0 Å². The van der Waals surface area contributed by atoms with Crippen LogP contribution in [0.25, 0.3) is 11.0 Å². The Morgan fingerprint density at radius 3 is 2.93 bits per heavy atom. The second-order valence-electron chi connectivity index (χ2n) is 8.42. The number of carbonyl (C=O) groups excluding carboxylic acids is 1. The molecule has 29 heavy (non-hydrogen) atoms. The van der Waals surface area contributed by atoms with Crippen molar-refractivity contribution in [2.24, 2.45) is 0 Å². The molecular weight excluding hydrogens is 366 g/mol. The number of aromatic nitrogens is 3. The third-order valence-corrected chi connectivity index (χ3v) is 6.23. The first-order valence-corrected chi connectivity index (χ1v) is 10.5. The Morgan fingerprint density at radius 1 is 1.14 bits per heavy atom. The SMILES string of the molecule is Cc1ccc2oc(C(=O)N3CCC[C@@H](c4nnc5n4CCN(C)CC5)C3)cc2c1. The maximum absolute atomic E-state index is 13.1. The summed E-state index contributed by atoms with van der Waals surface area (Å²) in [6.07, 6.45) is 2.94. The smallest absolute Gasteiger partial charge is 0.289 e. The summed E-state index contributed by atoms with van der Waals surface area (Å²) < 4.78 is 8.14. The van der Waals surface area contributed by atoms with Crippen LogP contribution in [0.4, 0.5) is 0 Å². The van der Waals surface area contributed by atoms with Crippen LogP contribution in [-0.4, -0.2) is 63.7 Å². The molecule has 5 rings (SSSR count). The molecule has 2 aliphatic heterocycles. The molecule has 3 aromatic rings. The van der Waals surface area contributed by atoms with Crippen LogP contribution in [0.15, 0.2) is 28.7 Å². The molecule has 2 aliphatic rings. The van der Waals surface area contributed by atoms with Gasteiger partial charge in [0.2, 0.25) is 0 Å². The van der Waals surface area contributed by atoms with Crippen LogP contribution in [-0.2, 0) is 13.0 Å². The van der Waals surface area contributed by atoms with Gasteiger partial charge in [0.25, 0.3) is 5.91 Å². The largest absolute Gasteiger partial charge is 0.451 e. The van der Waals surface area contributed by atoms with E-state index in [-0.39, 0.29) is 11.8 Å². The highest BCUT2D eigenvalue weighted by Crippen LogP contribution is 2.29. The number of benzene rings is 1. The van der Waals surface area contributed by atoms with E-state index in [0.717, 1.165) is 73.6 Å². The highest BCUT2D eigenvalue weighted by atomic mass is 16.3. The second-order valence-corrected chi connectivity index (χ2v) is 8.42. The maximum Gasteiger partial charge on any atom is 0.289 e. The molecule has 0 unspecified atom stereocenters. The summed E-state index contributed by atoms with van der Waals surface area (Å²) in [5.74, 6) is 2.73. The fraction of sp³-hybridized carbons (Fsp3) is 0.500. The van der Waals surface area contributed by atoms with Crippen molar-refractivity contribution in [1.82, 2.24) is 24.6 Å². The third kappa shape index (κ3) is 3.44. The summed E-state index contributed by atoms with van der Waals surface area (Å²) in [6.45, 7) is 6.41. The zero-order chi connectivity index (χ0) is 20.0. The molecule has 0 N–H and O–H groups in total. The van der Waals surface area contributed by atoms with Crippen LogP contribution in [0, 0.1) is 6.92 Å². The molecule has 1 atom stereocenters. The van der Waals surface area contributed by atoms with Gasteiger partial charge in [-0.05, 0) is 45.0 Å². The van der Waals surface area contributed by atoms with Gasteiger partial charge in [0, 0.05) is 50.4 Å². The van der Waals surface area contributed by atoms with Crippen molar-refractivity contribution < 1.29 is 9.21 Å². The molecule has 7 nitrogen and oxygen atoms in total. The van der Waals surface area contributed by atoms with Crippen LogP contribution in [0.1, 0.15) is 46.5 Å². The Kier molecular flexibility index (Phi) is 4.62. The van der Waals surface area contributed by atoms with Crippen molar-refractivity contribution >= 4 is 16.9 Å². The minimum Gasteiger partial charge on any atom is -0.451 e. The zero-order valence-electron chi connectivity index (χ0n) is 17.1. The van der Waals surface area contributed by atoms with Gasteiger partial charge in [0.15, 0.2) is 5.76 Å². The lowest BCUT2D eigenvalue weighted by Gasteiger charge is -2.32. The van der Waals surface area contributed by atoms with Gasteiger partial charge in [0.1, 0.15) is 17.2 Å². The van der Waals surface area contributed by atoms with Crippen LogP contribution in [0.3, 0.4) is 0 Å². The number of piperidine rings is 1. The van der Waals surface area contributed by atoms with Crippen molar-refractivity contribution in [2.45, 2.75) is 38.6 Å². The van der Waals surface area contributed by atoms with Crippen LogP contribution in [0.5, 0.6) is 0 Å². The summed E-state index contributed by atoms with van der Waals surface area (Å²) in [4.78, 5) is 17.4. The molecule has 1 amide bonds. The number of nitrogens with zero attached hydrogens (tertiary/aromatic N) is 5. The lowest BCUT2D eigenvalue weighted by molar-refractivity contribution is 0.0673. The predicted molar refractivity (Wildman–Crippen MR) is 110 cm³/mol. The van der Waals surface area contributed by atoms with E-state index in [1.165, 1.54) is 0 Å². The molecule has 152 valence electrons. The van der Waals surface area contributed by atoms with E-state index in [2.05, 4.69) is 32.8 Å². The summed E-state index contributed by atoms with van der Waals surface area (Å²) in [5, 5.41) is 9.97. The Labute approximate surface area is 170 Å². The Hall–Kier alpha value is -2.67. The van der Waals surface area contributed by atoms with Crippen LogP contribution in [0.2, 0.25) is 0 Å². The van der Waals surface area contributed by atoms with Crippen molar-refractivity contribution in [3.05, 3.63) is 47.2 Å². The number of aryl methyl sites for hydroxylation is 1. The minimum absolute atomic E-state index is 0.0288. The number of fused-ring (bicyclic) bond motifs is 2. The highest BCUT2D eigenvalue weighted by Gasteiger charge is 2.31. The van der Waals surface area contributed by atoms with Gasteiger partial charge < -0.3 is 18.8 Å². The number of likely N-dealkylation sites (tertiary alicyclic amines) is 1. The van der Waals surface area contributed by atoms with E-state index in [9.17, 15) is 4.79 Å². The van der Waals surface area contributed by atoms with Gasteiger partial charge in [-0.3, -0.25) is 4.79 Å². The summed E-state index contributed by atoms with van der Waals surface area (Å²) in [6, 6.07) is 7.86. The molecule has 2 aromatic heterocycles. The zero-order valence-corrected chi connectivity index (χ0v) is 17.1. The number of rotatable bonds is 2. The van der Waals surface area contributed by atoms with E-state index in [1.807, 2.05) is 30.0 Å². The van der Waals surface area contributed by atoms with Crippen molar-refractivity contribution in [1.29, 1.82) is 0 Å². The number of furan rings is 1. The number of carbonyl (C=O) groups is 1. The first-order chi connectivity index (χ1) is 14.1. The first-order valence-electron chi connectivity index (χ1n) is 10.5. The number of hydrogen-bond acceptors (Lipinski definition) is 5. The van der Waals surface area contributed by atoms with Crippen molar-refractivity contribution in [3.8, 4) is 0 Å². The van der Waals surface area contributed by atoms with E-state index in [0.29, 0.717) is 12.3 Å². The van der Waals surface area contributed by atoms with Gasteiger partial charge in [-0.1, -0.05) is 11.6 Å². The molecule has 0 bridgehead atoms. The molecule has 0 saturated carbocycles. The number of hydrogen-bond donors (Lipinski definition) is 0. The third-order valence-electron chi connectivity index (χ3n) is 6.23. The van der Waals surface area contributed by atoms with Crippen LogP contribution >= 0.6 is 0 Å². The summed E-state index contributed by atoms with van der Waals surface area (Å²) in [5.41, 5.74) is 1.92. The number of amides is 1. The second kappa shape index (κ2) is 7.30. The fourth-order valence-electron chi connectivity index (χ4n) is 4.55. The van der Waals surface area contributed by atoms with E-state index in [4.69, 9.17) is 4.42 Å². The number of likely N-dealkylation sites (N-methyl/N-ethyl adjacent to an activating group) is 1. The predicted octanol–water partition coefficient (Wildman–Crippen LogP) is 2.84. The van der Waals surface area contributed by atoms with Gasteiger partial charge >= 0.3 is 0 Å². The van der Waals surface area contributed by atoms with E-state index < -0.39 is 0 Å². The molecule has 1 aromatic carbocycles. The van der Waals surface area contributed by atoms with Crippen molar-refractivity contribution in [2.75, 3.05) is 33.2 Å². The monoisotopic (exact) mass is 393 g/mol. The molecule has 0 spiro atoms. The maximum atomic E-state index is 13.1. The quantitative estimate of drug-likeness (QED) is 0.670. The highest BCUT2D eigenvalue weighted by molar-refractivity contribution is 5.96. The summed E-state index contributed by atoms with van der Waals surface area (Å²) in [7, 11) is 2.15. The summed E-state index contributed by atoms with van der Waals surface area (Å²) >= 11 is 0. The topological polar surface area (TPSA) is 67.4 Å². The Bertz CT molecular complexity index is 1050. The van der Waals surface area contributed by atoms with Gasteiger partial charge in [-0.15, -0.1) is 10.2 Å².